The molecule has 5 nitrogen and oxygen atoms in total. The van der Waals surface area contributed by atoms with Gasteiger partial charge in [-0.1, -0.05) is 34.7 Å². The van der Waals surface area contributed by atoms with Gasteiger partial charge in [-0.3, -0.25) is 10.5 Å². The van der Waals surface area contributed by atoms with E-state index in [-0.39, 0.29) is 26.5 Å². The SMILES string of the molecule is NC1=N[C@](N)(C2=CC(N[C](=O)[AlH2])=CC(I)C=C2)C(F)(F)CC1. The highest BCUT2D eigenvalue weighted by Crippen LogP contribution is 2.41. The van der Waals surface area contributed by atoms with E-state index in [1.807, 2.05) is 0 Å². The van der Waals surface area contributed by atoms with Crippen molar-refractivity contribution in [1.29, 1.82) is 0 Å². The average Bonchev–Trinajstić information content (AvgIpc) is 2.56. The lowest BCUT2D eigenvalue weighted by molar-refractivity contribution is -0.0657. The van der Waals surface area contributed by atoms with E-state index in [0.29, 0.717) is 22.0 Å². The van der Waals surface area contributed by atoms with E-state index < -0.39 is 18.0 Å². The predicted octanol–water partition coefficient (Wildman–Crippen LogP) is 0.954. The van der Waals surface area contributed by atoms with Gasteiger partial charge >= 0.3 is 16.3 Å². The van der Waals surface area contributed by atoms with Crippen LogP contribution >= 0.6 is 22.6 Å². The Morgan fingerprint density at radius 2 is 2.23 bits per heavy atom. The quantitative estimate of drug-likeness (QED) is 0.342. The molecule has 0 spiro atoms. The van der Waals surface area contributed by atoms with Crippen molar-refractivity contribution < 1.29 is 13.6 Å². The molecule has 2 atom stereocenters. The maximum Gasteiger partial charge on any atom is 0.355 e. The molecule has 1 amide bonds. The first-order chi connectivity index (χ1) is 10.1. The molecule has 1 unspecified atom stereocenters. The molecule has 9 heteroatoms. The summed E-state index contributed by atoms with van der Waals surface area (Å²) in [6, 6.07) is 0. The normalized spacial score (nSPS) is 30.7. The zero-order valence-electron chi connectivity index (χ0n) is 11.9. The minimum Gasteiger partial charge on any atom is -0.387 e. The molecule has 2 aliphatic rings. The number of nitrogens with zero attached hydrogens (tertiary/aromatic N) is 1. The second-order valence-electron chi connectivity index (χ2n) is 5.28. The van der Waals surface area contributed by atoms with E-state index in [4.69, 9.17) is 11.5 Å². The standard InChI is InChI=1S/C13H14F2IN4O.Al.2H/c14-12(15)4-3-11(17)20-13(12,18)8-1-2-9(16)6-10(5-8)19-7-21;;;/h1-2,5-6,9H,3-4,18H2,(H2,17,20)(H,19,21);;;/t9?,13-;;;/m1.../s1. The number of amidine groups is 1. The fourth-order valence-electron chi connectivity index (χ4n) is 2.32. The van der Waals surface area contributed by atoms with E-state index in [1.54, 1.807) is 12.2 Å². The molecule has 0 saturated carbocycles. The molecule has 0 aromatic carbocycles. The average molecular weight is 436 g/mol. The summed E-state index contributed by atoms with van der Waals surface area (Å²) in [6.07, 6.45) is 6.01. The monoisotopic (exact) mass is 436 g/mol. The van der Waals surface area contributed by atoms with Crippen LogP contribution in [0.15, 0.2) is 40.6 Å². The zero-order chi connectivity index (χ0) is 16.5. The smallest absolute Gasteiger partial charge is 0.355 e. The Morgan fingerprint density at radius 1 is 1.55 bits per heavy atom. The maximum atomic E-state index is 14.4. The number of nitrogens with one attached hydrogen (secondary N) is 1. The van der Waals surface area contributed by atoms with Gasteiger partial charge in [0.05, 0.1) is 5.84 Å². The molecule has 2 rings (SSSR count). The van der Waals surface area contributed by atoms with Crippen molar-refractivity contribution in [2.75, 3.05) is 0 Å². The Hall–Kier alpha value is -0.758. The summed E-state index contributed by atoms with van der Waals surface area (Å²) in [7, 11) is 0. The number of hydrogen-bond donors (Lipinski definition) is 3. The van der Waals surface area contributed by atoms with Crippen LogP contribution in [-0.2, 0) is 0 Å². The van der Waals surface area contributed by atoms with Gasteiger partial charge in [-0.15, -0.1) is 0 Å². The summed E-state index contributed by atoms with van der Waals surface area (Å²) >= 11 is 2.42. The highest BCUT2D eigenvalue weighted by molar-refractivity contribution is 14.1. The number of aliphatic imine (C=N–C) groups is 1. The predicted molar refractivity (Wildman–Crippen MR) is 92.9 cm³/mol. The summed E-state index contributed by atoms with van der Waals surface area (Å²) in [5.74, 6) is -3.11. The molecule has 118 valence electrons. The number of halogens is 3. The van der Waals surface area contributed by atoms with Crippen molar-refractivity contribution in [3.63, 3.8) is 0 Å². The number of carbonyl (C=O) groups excluding carboxylic acids is 1. The summed E-state index contributed by atoms with van der Waals surface area (Å²) in [5, 5.41) is 2.66. The van der Waals surface area contributed by atoms with E-state index in [0.717, 1.165) is 0 Å². The van der Waals surface area contributed by atoms with Crippen LogP contribution in [0.4, 0.5) is 13.6 Å². The summed E-state index contributed by atoms with van der Waals surface area (Å²) in [5.41, 5.74) is 9.91. The van der Waals surface area contributed by atoms with Crippen LogP contribution in [0, 0.1) is 0 Å². The Labute approximate surface area is 148 Å². The molecule has 1 aliphatic heterocycles. The van der Waals surface area contributed by atoms with Crippen LogP contribution in [0.25, 0.3) is 0 Å². The molecule has 22 heavy (non-hydrogen) atoms. The minimum atomic E-state index is -3.22. The number of alkyl halides is 3. The molecule has 0 radical (unpaired) electrons. The van der Waals surface area contributed by atoms with E-state index in [1.165, 1.54) is 12.2 Å². The van der Waals surface area contributed by atoms with E-state index in [2.05, 4.69) is 32.9 Å². The lowest BCUT2D eigenvalue weighted by Gasteiger charge is -2.38. The summed E-state index contributed by atoms with van der Waals surface area (Å²) in [6.45, 7) is 0. The minimum absolute atomic E-state index is 0.0118. The third kappa shape index (κ3) is 3.59. The molecule has 0 aromatic heterocycles. The van der Waals surface area contributed by atoms with Crippen LogP contribution in [0.2, 0.25) is 0 Å². The first-order valence-corrected chi connectivity index (χ1v) is 8.93. The van der Waals surface area contributed by atoms with Gasteiger partial charge in [-0.2, -0.15) is 0 Å². The fraction of sp³-hybridized carbons (Fsp3) is 0.385. The molecule has 5 N–H and O–H groups in total. The Kier molecular flexibility index (Phi) is 5.11. The van der Waals surface area contributed by atoms with Crippen molar-refractivity contribution in [1.82, 2.24) is 5.32 Å². The summed E-state index contributed by atoms with van der Waals surface area (Å²) < 4.78 is 28.5. The van der Waals surface area contributed by atoms with Gasteiger partial charge < -0.3 is 11.1 Å². The van der Waals surface area contributed by atoms with Crippen LogP contribution in [-0.4, -0.2) is 42.4 Å². The molecule has 0 saturated heterocycles. The molecular weight excluding hydrogens is 420 g/mol. The number of carbonyl (C=O) groups is 1. The van der Waals surface area contributed by atoms with Crippen molar-refractivity contribution >= 4 is 49.5 Å². The van der Waals surface area contributed by atoms with Gasteiger partial charge in [0.15, 0.2) is 5.66 Å². The molecule has 0 fully saturated rings. The van der Waals surface area contributed by atoms with Gasteiger partial charge in [0, 0.05) is 28.0 Å². The molecule has 0 aromatic rings. The largest absolute Gasteiger partial charge is 0.387 e. The fourth-order valence-corrected chi connectivity index (χ4v) is 3.20. The zero-order valence-corrected chi connectivity index (χ0v) is 16.1. The highest BCUT2D eigenvalue weighted by atomic mass is 127. The number of rotatable bonds is 2. The second kappa shape index (κ2) is 6.39. The van der Waals surface area contributed by atoms with Gasteiger partial charge in [-0.05, 0) is 12.2 Å². The van der Waals surface area contributed by atoms with Crippen molar-refractivity contribution in [3.8, 4) is 0 Å². The highest BCUT2D eigenvalue weighted by Gasteiger charge is 2.55. The Morgan fingerprint density at radius 3 is 2.86 bits per heavy atom. The first kappa shape index (κ1) is 17.6. The van der Waals surface area contributed by atoms with Crippen molar-refractivity contribution in [2.24, 2.45) is 16.5 Å². The number of allylic oxidation sites excluding steroid dienone is 3. The Bertz CT molecular complexity index is 617. The second-order valence-corrected chi connectivity index (χ2v) is 7.63. The lowest BCUT2D eigenvalue weighted by Crippen LogP contribution is -2.58. The maximum absolute atomic E-state index is 14.4. The molecular formula is C13H16AlF2IN4O. The number of hydrogen-bond acceptors (Lipinski definition) is 4. The number of amides is 1. The van der Waals surface area contributed by atoms with Gasteiger partial charge in [-0.25, -0.2) is 13.8 Å². The molecule has 1 aliphatic carbocycles. The van der Waals surface area contributed by atoms with E-state index >= 15 is 0 Å². The Balaban J connectivity index is 2.50. The summed E-state index contributed by atoms with van der Waals surface area (Å²) in [4.78, 5) is 15.1. The van der Waals surface area contributed by atoms with E-state index in [9.17, 15) is 13.6 Å². The van der Waals surface area contributed by atoms with Gasteiger partial charge in [0.2, 0.25) is 0 Å². The third-order valence-corrected chi connectivity index (χ3v) is 4.47. The van der Waals surface area contributed by atoms with Gasteiger partial charge in [0.1, 0.15) is 4.77 Å². The van der Waals surface area contributed by atoms with Crippen LogP contribution in [0.3, 0.4) is 0 Å². The topological polar surface area (TPSA) is 93.5 Å². The van der Waals surface area contributed by atoms with Crippen molar-refractivity contribution in [3.05, 3.63) is 35.6 Å². The van der Waals surface area contributed by atoms with Gasteiger partial charge in [0.25, 0.3) is 5.92 Å². The number of nitrogens with two attached hydrogens (primary N) is 2. The first-order valence-electron chi connectivity index (χ1n) is 6.69. The third-order valence-electron chi connectivity index (χ3n) is 3.44. The van der Waals surface area contributed by atoms with Crippen LogP contribution < -0.4 is 16.8 Å². The van der Waals surface area contributed by atoms with Crippen molar-refractivity contribution in [2.45, 2.75) is 28.4 Å². The van der Waals surface area contributed by atoms with Crippen LogP contribution in [0.1, 0.15) is 12.8 Å². The molecule has 1 heterocycles. The van der Waals surface area contributed by atoms with Crippen LogP contribution in [0.5, 0.6) is 0 Å². The lowest BCUT2D eigenvalue weighted by atomic mass is 9.87. The molecule has 0 bridgehead atoms.